The standard InChI is InChI=1S/C32H44N2O5/c1-25(2)14-17-22-18(35)13-20-27(5,28(22,6)11-12-31(17,24(34)38)21(36)15-25)10-9-19-26(3,4)23(37)32(16-33)30(8,39-32)29(19,20)7/h13,17,19,21-22,36H,9-12,14-15H2,1-8H3,(H2,34,38)/t17-,19-,21?,22-,27+,28+,29-,30+,31-,32?/m0/s1. The van der Waals surface area contributed by atoms with Gasteiger partial charge in [-0.25, -0.2) is 0 Å². The number of aliphatic hydroxyl groups excluding tert-OH is 1. The first-order valence-corrected chi connectivity index (χ1v) is 14.7. The summed E-state index contributed by atoms with van der Waals surface area (Å²) in [5.41, 5.74) is 0.841. The zero-order valence-corrected chi connectivity index (χ0v) is 24.7. The second-order valence-corrected chi connectivity index (χ2v) is 16.1. The minimum Gasteiger partial charge on any atom is -0.392 e. The number of primary amides is 1. The highest BCUT2D eigenvalue weighted by molar-refractivity contribution is 6.02. The van der Waals surface area contributed by atoms with Gasteiger partial charge in [-0.05, 0) is 79.6 Å². The Hall–Kier alpha value is -2.04. The predicted octanol–water partition coefficient (Wildman–Crippen LogP) is 4.26. The number of fused-ring (bicyclic) bond motifs is 9. The van der Waals surface area contributed by atoms with Crippen LogP contribution in [0.5, 0.6) is 0 Å². The molecular weight excluding hydrogens is 492 g/mol. The third-order valence-electron chi connectivity index (χ3n) is 13.9. The summed E-state index contributed by atoms with van der Waals surface area (Å²) in [5, 5.41) is 21.7. The van der Waals surface area contributed by atoms with Crippen LogP contribution in [0.4, 0.5) is 0 Å². The number of amides is 1. The van der Waals surface area contributed by atoms with Crippen LogP contribution in [0.3, 0.4) is 0 Å². The molecule has 1 heterocycles. The van der Waals surface area contributed by atoms with Crippen molar-refractivity contribution < 1.29 is 24.2 Å². The smallest absolute Gasteiger partial charge is 0.243 e. The molecule has 0 radical (unpaired) electrons. The molecule has 5 fully saturated rings. The Morgan fingerprint density at radius 1 is 1.05 bits per heavy atom. The van der Waals surface area contributed by atoms with Crippen molar-refractivity contribution in [2.24, 2.45) is 56.0 Å². The third-order valence-corrected chi connectivity index (χ3v) is 13.9. The number of ketones is 2. The molecule has 0 aromatic rings. The van der Waals surface area contributed by atoms with Crippen molar-refractivity contribution in [3.63, 3.8) is 0 Å². The Labute approximate surface area is 231 Å². The molecule has 10 atom stereocenters. The minimum atomic E-state index is -1.51. The average molecular weight is 537 g/mol. The van der Waals surface area contributed by atoms with Gasteiger partial charge in [0.25, 0.3) is 0 Å². The van der Waals surface area contributed by atoms with Crippen LogP contribution >= 0.6 is 0 Å². The van der Waals surface area contributed by atoms with E-state index < -0.39 is 56.2 Å². The Morgan fingerprint density at radius 2 is 1.69 bits per heavy atom. The highest BCUT2D eigenvalue weighted by atomic mass is 16.6. The zero-order chi connectivity index (χ0) is 29.0. The first-order valence-electron chi connectivity index (χ1n) is 14.7. The Kier molecular flexibility index (Phi) is 4.91. The van der Waals surface area contributed by atoms with Gasteiger partial charge >= 0.3 is 0 Å². The second kappa shape index (κ2) is 7.05. The fraction of sp³-hybridized carbons (Fsp3) is 0.812. The molecule has 2 unspecified atom stereocenters. The van der Waals surface area contributed by atoms with Crippen molar-refractivity contribution in [1.29, 1.82) is 5.26 Å². The van der Waals surface area contributed by atoms with Crippen LogP contribution in [-0.4, -0.2) is 39.9 Å². The lowest BCUT2D eigenvalue weighted by Crippen LogP contribution is -2.71. The fourth-order valence-electron chi connectivity index (χ4n) is 11.5. The van der Waals surface area contributed by atoms with Gasteiger partial charge < -0.3 is 15.6 Å². The van der Waals surface area contributed by atoms with Crippen LogP contribution in [-0.2, 0) is 19.1 Å². The molecule has 7 heteroatoms. The van der Waals surface area contributed by atoms with E-state index in [9.17, 15) is 24.8 Å². The Bertz CT molecular complexity index is 1310. The van der Waals surface area contributed by atoms with Gasteiger partial charge in [-0.3, -0.25) is 14.4 Å². The molecule has 5 aliphatic carbocycles. The summed E-state index contributed by atoms with van der Waals surface area (Å²) < 4.78 is 6.24. The monoisotopic (exact) mass is 536 g/mol. The third kappa shape index (κ3) is 2.57. The number of ether oxygens (including phenoxy) is 1. The molecule has 1 saturated heterocycles. The molecule has 7 nitrogen and oxygen atoms in total. The summed E-state index contributed by atoms with van der Waals surface area (Å²) in [5.74, 6) is -1.55. The van der Waals surface area contributed by atoms with Crippen molar-refractivity contribution >= 4 is 17.5 Å². The number of aliphatic hydroxyl groups is 1. The Balaban J connectivity index is 1.56. The van der Waals surface area contributed by atoms with Gasteiger partial charge in [-0.2, -0.15) is 5.26 Å². The molecule has 0 bridgehead atoms. The molecular formula is C32H44N2O5. The summed E-state index contributed by atoms with van der Waals surface area (Å²) in [7, 11) is 0. The van der Waals surface area contributed by atoms with Crippen molar-refractivity contribution in [1.82, 2.24) is 0 Å². The van der Waals surface area contributed by atoms with Crippen LogP contribution in [0.1, 0.15) is 93.9 Å². The van der Waals surface area contributed by atoms with Gasteiger partial charge in [0, 0.05) is 16.7 Å². The van der Waals surface area contributed by atoms with E-state index in [1.807, 2.05) is 26.8 Å². The molecule has 0 spiro atoms. The van der Waals surface area contributed by atoms with Gasteiger partial charge in [0.15, 0.2) is 11.6 Å². The molecule has 212 valence electrons. The van der Waals surface area contributed by atoms with Crippen molar-refractivity contribution in [2.75, 3.05) is 0 Å². The normalized spacial score (nSPS) is 54.5. The number of nitrogens with zero attached hydrogens (tertiary/aromatic N) is 1. The van der Waals surface area contributed by atoms with E-state index in [-0.39, 0.29) is 28.8 Å². The van der Waals surface area contributed by atoms with E-state index in [1.165, 1.54) is 0 Å². The number of Topliss-reactive ketones (excluding diaryl/α,β-unsaturated/α-hetero) is 1. The lowest BCUT2D eigenvalue weighted by Gasteiger charge is -2.70. The van der Waals surface area contributed by atoms with Gasteiger partial charge in [0.1, 0.15) is 11.7 Å². The van der Waals surface area contributed by atoms with E-state index in [2.05, 4.69) is 40.7 Å². The molecule has 3 N–H and O–H groups in total. The largest absolute Gasteiger partial charge is 0.392 e. The van der Waals surface area contributed by atoms with E-state index in [1.54, 1.807) is 0 Å². The summed E-state index contributed by atoms with van der Waals surface area (Å²) in [6.07, 6.45) is 4.69. The maximum absolute atomic E-state index is 14.5. The molecule has 0 aromatic heterocycles. The summed E-state index contributed by atoms with van der Waals surface area (Å²) in [4.78, 5) is 41.3. The Morgan fingerprint density at radius 3 is 2.28 bits per heavy atom. The van der Waals surface area contributed by atoms with Gasteiger partial charge in [0.2, 0.25) is 11.5 Å². The lowest BCUT2D eigenvalue weighted by molar-refractivity contribution is -0.201. The first-order chi connectivity index (χ1) is 17.8. The topological polar surface area (TPSA) is 134 Å². The van der Waals surface area contributed by atoms with Crippen LogP contribution in [0.2, 0.25) is 0 Å². The van der Waals surface area contributed by atoms with Gasteiger partial charge in [-0.15, -0.1) is 0 Å². The lowest BCUT2D eigenvalue weighted by atomic mass is 9.32. The number of rotatable bonds is 1. The molecule has 1 aliphatic heterocycles. The number of carbonyl (C=O) groups excluding carboxylic acids is 3. The number of nitriles is 1. The molecule has 0 aromatic carbocycles. The van der Waals surface area contributed by atoms with Crippen LogP contribution in [0.15, 0.2) is 11.6 Å². The molecule has 6 rings (SSSR count). The van der Waals surface area contributed by atoms with E-state index in [4.69, 9.17) is 10.5 Å². The predicted molar refractivity (Wildman–Crippen MR) is 144 cm³/mol. The molecule has 6 aliphatic rings. The van der Waals surface area contributed by atoms with E-state index >= 15 is 0 Å². The maximum atomic E-state index is 14.5. The SMILES string of the molecule is CC1(C)CC(O)[C@]2(C(N)=O)CC[C@]3(C)[C@H](C(=O)C=C4[C@@]3(C)CC[C@H]3C(C)(C)C(=O)C5(C#N)O[C@]5(C)[C@]43C)[C@@H]2C1. The number of allylic oxidation sites excluding steroid dienone is 1. The van der Waals surface area contributed by atoms with Gasteiger partial charge in [-0.1, -0.05) is 54.0 Å². The summed E-state index contributed by atoms with van der Waals surface area (Å²) in [6.45, 7) is 16.5. The zero-order valence-electron chi connectivity index (χ0n) is 24.7. The van der Waals surface area contributed by atoms with Crippen molar-refractivity contribution in [2.45, 2.75) is 111 Å². The minimum absolute atomic E-state index is 0.0198. The quantitative estimate of drug-likeness (QED) is 0.481. The number of nitrogens with two attached hydrogens (primary N) is 1. The molecule has 4 saturated carbocycles. The fourth-order valence-corrected chi connectivity index (χ4v) is 11.5. The summed E-state index contributed by atoms with van der Waals surface area (Å²) in [6, 6.07) is 2.25. The molecule has 39 heavy (non-hydrogen) atoms. The maximum Gasteiger partial charge on any atom is 0.243 e. The number of hydrogen-bond acceptors (Lipinski definition) is 6. The molecule has 1 amide bonds. The van der Waals surface area contributed by atoms with Crippen LogP contribution < -0.4 is 5.73 Å². The van der Waals surface area contributed by atoms with Crippen LogP contribution in [0, 0.1) is 61.6 Å². The first kappa shape index (κ1) is 27.1. The van der Waals surface area contributed by atoms with E-state index in [0.29, 0.717) is 25.7 Å². The number of hydrogen-bond donors (Lipinski definition) is 2. The van der Waals surface area contributed by atoms with Crippen LogP contribution in [0.25, 0.3) is 0 Å². The van der Waals surface area contributed by atoms with Gasteiger partial charge in [0.05, 0.1) is 11.5 Å². The number of epoxide rings is 1. The van der Waals surface area contributed by atoms with E-state index in [0.717, 1.165) is 18.4 Å². The highest BCUT2D eigenvalue weighted by Gasteiger charge is 2.88. The van der Waals surface area contributed by atoms with Crippen molar-refractivity contribution in [3.05, 3.63) is 11.6 Å². The average Bonchev–Trinajstić information content (AvgIpc) is 3.46. The second-order valence-electron chi connectivity index (χ2n) is 16.1. The highest BCUT2D eigenvalue weighted by Crippen LogP contribution is 2.80. The van der Waals surface area contributed by atoms with Crippen molar-refractivity contribution in [3.8, 4) is 6.07 Å². The number of carbonyl (C=O) groups is 3. The summed E-state index contributed by atoms with van der Waals surface area (Å²) >= 11 is 0.